The van der Waals surface area contributed by atoms with Crippen LogP contribution >= 0.6 is 0 Å². The Morgan fingerprint density at radius 3 is 2.94 bits per heavy atom. The first-order chi connectivity index (χ1) is 8.77. The Kier molecular flexibility index (Phi) is 2.60. The first kappa shape index (κ1) is 11.0. The number of nitrogens with one attached hydrogen (secondary N) is 1. The number of ether oxygens (including phenoxy) is 1. The second kappa shape index (κ2) is 4.26. The molecule has 1 aliphatic rings. The van der Waals surface area contributed by atoms with E-state index in [2.05, 4.69) is 14.9 Å². The van der Waals surface area contributed by atoms with E-state index in [-0.39, 0.29) is 10.6 Å². The van der Waals surface area contributed by atoms with Gasteiger partial charge in [-0.2, -0.15) is 0 Å². The Bertz CT molecular complexity index is 589. The third-order valence-electron chi connectivity index (χ3n) is 3.08. The molecule has 3 rings (SSSR count). The standard InChI is InChI=1S/C11H12N4O3/c16-15(17)9-7-13-11-10(9)8(1-2-12-11)14-3-5-18-6-4-14/h1-2,7H,3-6H2,(H,12,13). The first-order valence-electron chi connectivity index (χ1n) is 5.70. The Morgan fingerprint density at radius 1 is 1.44 bits per heavy atom. The number of fused-ring (bicyclic) bond motifs is 1. The molecule has 94 valence electrons. The van der Waals surface area contributed by atoms with Crippen LogP contribution in [-0.2, 0) is 4.74 Å². The third kappa shape index (κ3) is 1.68. The monoisotopic (exact) mass is 248 g/mol. The second-order valence-corrected chi connectivity index (χ2v) is 4.08. The summed E-state index contributed by atoms with van der Waals surface area (Å²) in [4.78, 5) is 19.7. The molecule has 7 nitrogen and oxygen atoms in total. The van der Waals surface area contributed by atoms with Gasteiger partial charge in [0.05, 0.1) is 30.0 Å². The van der Waals surface area contributed by atoms with E-state index < -0.39 is 0 Å². The lowest BCUT2D eigenvalue weighted by Gasteiger charge is -2.29. The predicted octanol–water partition coefficient (Wildman–Crippen LogP) is 1.31. The van der Waals surface area contributed by atoms with E-state index in [0.29, 0.717) is 24.2 Å². The number of nitro groups is 1. The fourth-order valence-corrected chi connectivity index (χ4v) is 2.23. The minimum absolute atomic E-state index is 0.0691. The summed E-state index contributed by atoms with van der Waals surface area (Å²) < 4.78 is 5.29. The Morgan fingerprint density at radius 2 is 2.22 bits per heavy atom. The molecule has 18 heavy (non-hydrogen) atoms. The number of pyridine rings is 1. The fraction of sp³-hybridized carbons (Fsp3) is 0.364. The molecule has 1 fully saturated rings. The van der Waals surface area contributed by atoms with Crippen molar-refractivity contribution in [3.05, 3.63) is 28.6 Å². The van der Waals surface area contributed by atoms with Crippen molar-refractivity contribution >= 4 is 22.4 Å². The minimum Gasteiger partial charge on any atom is -0.378 e. The highest BCUT2D eigenvalue weighted by Gasteiger charge is 2.22. The Labute approximate surface area is 103 Å². The normalized spacial score (nSPS) is 16.1. The molecular formula is C11H12N4O3. The maximum absolute atomic E-state index is 11.0. The van der Waals surface area contributed by atoms with Crippen molar-refractivity contribution in [1.82, 2.24) is 9.97 Å². The van der Waals surface area contributed by atoms with E-state index in [1.165, 1.54) is 6.20 Å². The van der Waals surface area contributed by atoms with E-state index in [0.717, 1.165) is 18.8 Å². The van der Waals surface area contributed by atoms with Crippen LogP contribution in [0.4, 0.5) is 11.4 Å². The summed E-state index contributed by atoms with van der Waals surface area (Å²) in [5.41, 5.74) is 1.46. The van der Waals surface area contributed by atoms with Gasteiger partial charge in [0.15, 0.2) is 0 Å². The maximum Gasteiger partial charge on any atom is 0.298 e. The van der Waals surface area contributed by atoms with Crippen LogP contribution in [0.15, 0.2) is 18.5 Å². The molecule has 7 heteroatoms. The molecule has 0 saturated carbocycles. The number of H-pyrrole nitrogens is 1. The van der Waals surface area contributed by atoms with Gasteiger partial charge in [-0.15, -0.1) is 0 Å². The zero-order valence-electron chi connectivity index (χ0n) is 9.63. The molecule has 1 N–H and O–H groups in total. The van der Waals surface area contributed by atoms with Crippen LogP contribution in [0.3, 0.4) is 0 Å². The summed E-state index contributed by atoms with van der Waals surface area (Å²) in [7, 11) is 0. The van der Waals surface area contributed by atoms with Crippen molar-refractivity contribution in [2.45, 2.75) is 0 Å². The zero-order chi connectivity index (χ0) is 12.5. The van der Waals surface area contributed by atoms with Gasteiger partial charge in [0.25, 0.3) is 5.69 Å². The first-order valence-corrected chi connectivity index (χ1v) is 5.70. The fourth-order valence-electron chi connectivity index (χ4n) is 2.23. The molecule has 0 amide bonds. The molecule has 0 aromatic carbocycles. The summed E-state index contributed by atoms with van der Waals surface area (Å²) in [6.07, 6.45) is 3.05. The molecule has 0 bridgehead atoms. The molecule has 0 radical (unpaired) electrons. The summed E-state index contributed by atoms with van der Waals surface area (Å²) in [6, 6.07) is 1.81. The molecule has 1 saturated heterocycles. The summed E-state index contributed by atoms with van der Waals surface area (Å²) in [5.74, 6) is 0. The molecule has 0 atom stereocenters. The molecule has 2 aromatic heterocycles. The second-order valence-electron chi connectivity index (χ2n) is 4.08. The van der Waals surface area contributed by atoms with Crippen LogP contribution in [0.5, 0.6) is 0 Å². The van der Waals surface area contributed by atoms with Gasteiger partial charge < -0.3 is 14.6 Å². The lowest BCUT2D eigenvalue weighted by Crippen LogP contribution is -2.36. The van der Waals surface area contributed by atoms with E-state index in [4.69, 9.17) is 4.74 Å². The highest BCUT2D eigenvalue weighted by Crippen LogP contribution is 2.33. The van der Waals surface area contributed by atoms with Gasteiger partial charge in [0, 0.05) is 19.3 Å². The smallest absolute Gasteiger partial charge is 0.298 e. The van der Waals surface area contributed by atoms with Gasteiger partial charge in [-0.25, -0.2) is 4.98 Å². The molecule has 0 aliphatic carbocycles. The number of rotatable bonds is 2. The van der Waals surface area contributed by atoms with Crippen LogP contribution < -0.4 is 4.90 Å². The lowest BCUT2D eigenvalue weighted by atomic mass is 10.2. The Hall–Kier alpha value is -2.15. The number of anilines is 1. The average molecular weight is 248 g/mol. The lowest BCUT2D eigenvalue weighted by molar-refractivity contribution is -0.383. The van der Waals surface area contributed by atoms with Gasteiger partial charge in [-0.05, 0) is 6.07 Å². The highest BCUT2D eigenvalue weighted by molar-refractivity contribution is 5.97. The number of nitrogens with zero attached hydrogens (tertiary/aromatic N) is 3. The molecule has 0 spiro atoms. The SMILES string of the molecule is O=[N+]([O-])c1c[nH]c2nccc(N3CCOCC3)c12. The predicted molar refractivity (Wildman–Crippen MR) is 65.8 cm³/mol. The molecule has 1 aliphatic heterocycles. The summed E-state index contributed by atoms with van der Waals surface area (Å²) >= 11 is 0. The number of aromatic amines is 1. The molecule has 2 aromatic rings. The zero-order valence-corrected chi connectivity index (χ0v) is 9.63. The number of aromatic nitrogens is 2. The quantitative estimate of drug-likeness (QED) is 0.639. The van der Waals surface area contributed by atoms with Crippen molar-refractivity contribution in [2.24, 2.45) is 0 Å². The van der Waals surface area contributed by atoms with Crippen molar-refractivity contribution in [1.29, 1.82) is 0 Å². The summed E-state index contributed by atoms with van der Waals surface area (Å²) in [6.45, 7) is 2.76. The van der Waals surface area contributed by atoms with Crippen molar-refractivity contribution < 1.29 is 9.66 Å². The van der Waals surface area contributed by atoms with Crippen LogP contribution in [0.1, 0.15) is 0 Å². The van der Waals surface area contributed by atoms with E-state index >= 15 is 0 Å². The van der Waals surface area contributed by atoms with Crippen molar-refractivity contribution in [2.75, 3.05) is 31.2 Å². The highest BCUT2D eigenvalue weighted by atomic mass is 16.6. The summed E-state index contributed by atoms with van der Waals surface area (Å²) in [5, 5.41) is 11.6. The van der Waals surface area contributed by atoms with E-state index in [9.17, 15) is 10.1 Å². The topological polar surface area (TPSA) is 84.3 Å². The number of morpholine rings is 1. The molecular weight excluding hydrogens is 236 g/mol. The van der Waals surface area contributed by atoms with Crippen LogP contribution in [0.2, 0.25) is 0 Å². The van der Waals surface area contributed by atoms with Gasteiger partial charge >= 0.3 is 0 Å². The Balaban J connectivity index is 2.15. The largest absolute Gasteiger partial charge is 0.378 e. The molecule has 3 heterocycles. The number of hydrogen-bond donors (Lipinski definition) is 1. The van der Waals surface area contributed by atoms with E-state index in [1.807, 2.05) is 6.07 Å². The van der Waals surface area contributed by atoms with Crippen LogP contribution in [0, 0.1) is 10.1 Å². The molecule has 0 unspecified atom stereocenters. The number of hydrogen-bond acceptors (Lipinski definition) is 5. The van der Waals surface area contributed by atoms with Gasteiger partial charge in [-0.3, -0.25) is 10.1 Å². The van der Waals surface area contributed by atoms with Gasteiger partial charge in [-0.1, -0.05) is 0 Å². The van der Waals surface area contributed by atoms with Crippen LogP contribution in [0.25, 0.3) is 11.0 Å². The van der Waals surface area contributed by atoms with Crippen molar-refractivity contribution in [3.63, 3.8) is 0 Å². The third-order valence-corrected chi connectivity index (χ3v) is 3.08. The van der Waals surface area contributed by atoms with Gasteiger partial charge in [0.2, 0.25) is 0 Å². The maximum atomic E-state index is 11.0. The average Bonchev–Trinajstić information content (AvgIpc) is 2.83. The van der Waals surface area contributed by atoms with Crippen molar-refractivity contribution in [3.8, 4) is 0 Å². The van der Waals surface area contributed by atoms with Gasteiger partial charge in [0.1, 0.15) is 11.0 Å². The minimum atomic E-state index is -0.384. The van der Waals surface area contributed by atoms with Crippen LogP contribution in [-0.4, -0.2) is 41.2 Å². The van der Waals surface area contributed by atoms with E-state index in [1.54, 1.807) is 6.20 Å².